The summed E-state index contributed by atoms with van der Waals surface area (Å²) < 4.78 is 51.1. The first-order chi connectivity index (χ1) is 24.0. The summed E-state index contributed by atoms with van der Waals surface area (Å²) >= 11 is 7.97. The van der Waals surface area contributed by atoms with Gasteiger partial charge in [-0.25, -0.2) is 8.78 Å². The van der Waals surface area contributed by atoms with Crippen LogP contribution in [0.15, 0.2) is 12.1 Å². The van der Waals surface area contributed by atoms with Crippen molar-refractivity contribution in [2.75, 3.05) is 44.0 Å². The second kappa shape index (κ2) is 13.6. The minimum absolute atomic E-state index is 0.0126. The van der Waals surface area contributed by atoms with Gasteiger partial charge < -0.3 is 30.2 Å². The van der Waals surface area contributed by atoms with Gasteiger partial charge in [-0.15, -0.1) is 11.3 Å². The number of nitrogen functional groups attached to an aromatic ring is 1. The van der Waals surface area contributed by atoms with E-state index in [0.29, 0.717) is 25.2 Å². The monoisotopic (exact) mass is 725 g/mol. The summed E-state index contributed by atoms with van der Waals surface area (Å²) in [5, 5.41) is 13.3. The molecule has 3 aliphatic rings. The van der Waals surface area contributed by atoms with Crippen LogP contribution in [0.2, 0.25) is 5.02 Å². The molecule has 0 spiro atoms. The molecule has 0 radical (unpaired) electrons. The average Bonchev–Trinajstić information content (AvgIpc) is 3.61. The highest BCUT2D eigenvalue weighted by Crippen LogP contribution is 2.51. The molecule has 2 aromatic carbocycles. The molecule has 7 rings (SSSR count). The van der Waals surface area contributed by atoms with Crippen molar-refractivity contribution in [3.05, 3.63) is 34.4 Å². The predicted octanol–water partition coefficient (Wildman–Crippen LogP) is 6.03. The number of fused-ring (bicyclic) bond motifs is 1. The van der Waals surface area contributed by atoms with Crippen molar-refractivity contribution in [3.8, 4) is 29.0 Å². The quantitative estimate of drug-likeness (QED) is 0.232. The predicted molar refractivity (Wildman–Crippen MR) is 189 cm³/mol. The number of nitrogens with one attached hydrogen (secondary N) is 1. The Labute approximate surface area is 297 Å². The van der Waals surface area contributed by atoms with Gasteiger partial charge >= 0.3 is 6.01 Å². The van der Waals surface area contributed by atoms with Gasteiger partial charge in [-0.05, 0) is 71.7 Å². The molecule has 0 bridgehead atoms. The molecule has 0 aliphatic carbocycles. The lowest BCUT2D eigenvalue weighted by Crippen LogP contribution is -2.49. The van der Waals surface area contributed by atoms with Crippen LogP contribution in [0.5, 0.6) is 11.8 Å². The average molecular weight is 726 g/mol. The molecule has 264 valence electrons. The lowest BCUT2D eigenvalue weighted by Gasteiger charge is -2.37. The molecule has 2 fully saturated rings. The zero-order chi connectivity index (χ0) is 35.4. The van der Waals surface area contributed by atoms with Crippen LogP contribution in [-0.2, 0) is 9.53 Å². The van der Waals surface area contributed by atoms with Gasteiger partial charge in [0.1, 0.15) is 47.0 Å². The number of anilines is 2. The van der Waals surface area contributed by atoms with Crippen LogP contribution in [0, 0.1) is 23.0 Å². The zero-order valence-electron chi connectivity index (χ0n) is 28.2. The minimum Gasteiger partial charge on any atom is -0.489 e. The minimum atomic E-state index is -0.801. The van der Waals surface area contributed by atoms with E-state index in [1.165, 1.54) is 12.1 Å². The van der Waals surface area contributed by atoms with Gasteiger partial charge in [0.05, 0.1) is 39.9 Å². The first-order valence-electron chi connectivity index (χ1n) is 16.8. The molecule has 5 heterocycles. The molecule has 15 heteroatoms. The number of hydrogen-bond acceptors (Lipinski definition) is 11. The van der Waals surface area contributed by atoms with E-state index in [0.717, 1.165) is 30.7 Å². The van der Waals surface area contributed by atoms with Crippen LogP contribution in [0.25, 0.3) is 32.1 Å². The van der Waals surface area contributed by atoms with Crippen molar-refractivity contribution in [3.63, 3.8) is 0 Å². The molecular weight excluding hydrogens is 688 g/mol. The van der Waals surface area contributed by atoms with Gasteiger partial charge in [0.2, 0.25) is 5.91 Å². The molecule has 2 aromatic heterocycles. The van der Waals surface area contributed by atoms with Crippen LogP contribution < -0.4 is 25.4 Å². The van der Waals surface area contributed by atoms with E-state index >= 15 is 8.78 Å². The molecule has 1 amide bonds. The molecule has 50 heavy (non-hydrogen) atoms. The van der Waals surface area contributed by atoms with E-state index < -0.39 is 17.7 Å². The number of hydrogen-bond donors (Lipinski definition) is 2. The highest BCUT2D eigenvalue weighted by atomic mass is 35.5. The number of nitrogens with two attached hydrogens (primary N) is 1. The van der Waals surface area contributed by atoms with Gasteiger partial charge in [-0.1, -0.05) is 17.7 Å². The van der Waals surface area contributed by atoms with E-state index in [2.05, 4.69) is 15.2 Å². The molecule has 4 atom stereocenters. The fourth-order valence-electron chi connectivity index (χ4n) is 7.43. The number of nitriles is 1. The van der Waals surface area contributed by atoms with Gasteiger partial charge in [0, 0.05) is 23.0 Å². The van der Waals surface area contributed by atoms with Crippen molar-refractivity contribution < 1.29 is 27.8 Å². The topological polar surface area (TPSA) is 139 Å². The van der Waals surface area contributed by atoms with Gasteiger partial charge in [-0.2, -0.15) is 15.2 Å². The number of nitrogens with zero attached hydrogens (tertiary/aromatic N) is 5. The maximum Gasteiger partial charge on any atom is 0.319 e. The number of likely N-dealkylation sites (N-methyl/N-ethyl adjacent to an activating group) is 1. The van der Waals surface area contributed by atoms with Crippen LogP contribution in [0.4, 0.5) is 19.6 Å². The number of benzene rings is 2. The largest absolute Gasteiger partial charge is 0.489 e. The lowest BCUT2D eigenvalue weighted by atomic mass is 9.96. The molecule has 3 aliphatic heterocycles. The summed E-state index contributed by atoms with van der Waals surface area (Å²) in [5.74, 6) is -1.01. The summed E-state index contributed by atoms with van der Waals surface area (Å²) in [4.78, 5) is 26.4. The molecule has 2 saturated heterocycles. The maximum absolute atomic E-state index is 17.2. The SMILES string of the molecule is CC(C)NC(=O)C1CCC(N2CCOc3c(Cl)c(-c4ccc(F)c5sc(N)c(C#N)c45)c(F)c4nc(O[C@@H](C)[C@@H]5CCCN5C)nc2c34)CO1. The van der Waals surface area contributed by atoms with Crippen molar-refractivity contribution >= 4 is 60.7 Å². The van der Waals surface area contributed by atoms with Crippen LogP contribution in [-0.4, -0.2) is 84.5 Å². The molecular formula is C35H38ClF2N7O4S. The number of thiophene rings is 1. The molecule has 2 unspecified atom stereocenters. The Kier molecular flexibility index (Phi) is 9.36. The zero-order valence-corrected chi connectivity index (χ0v) is 29.8. The number of ether oxygens (including phenoxy) is 3. The first-order valence-corrected chi connectivity index (χ1v) is 18.0. The Bertz CT molecular complexity index is 2030. The maximum atomic E-state index is 17.2. The number of amides is 1. The first kappa shape index (κ1) is 34.4. The van der Waals surface area contributed by atoms with E-state index in [9.17, 15) is 10.1 Å². The normalized spacial score (nSPS) is 21.7. The smallest absolute Gasteiger partial charge is 0.319 e. The fraction of sp³-hybridized carbons (Fsp3) is 0.486. The van der Waals surface area contributed by atoms with Gasteiger partial charge in [0.15, 0.2) is 11.6 Å². The number of carbonyl (C=O) groups excluding carboxylic acids is 1. The van der Waals surface area contributed by atoms with Gasteiger partial charge in [0.25, 0.3) is 0 Å². The summed E-state index contributed by atoms with van der Waals surface area (Å²) in [5.41, 5.74) is 6.14. The molecule has 3 N–H and O–H groups in total. The van der Waals surface area contributed by atoms with Crippen LogP contribution >= 0.6 is 22.9 Å². The Morgan fingerprint density at radius 2 is 2.00 bits per heavy atom. The van der Waals surface area contributed by atoms with Crippen LogP contribution in [0.1, 0.15) is 52.0 Å². The van der Waals surface area contributed by atoms with Gasteiger partial charge in [-0.3, -0.25) is 9.69 Å². The third kappa shape index (κ3) is 5.93. The number of halogens is 3. The van der Waals surface area contributed by atoms with Crippen molar-refractivity contribution in [1.29, 1.82) is 5.26 Å². The van der Waals surface area contributed by atoms with Crippen molar-refractivity contribution in [2.24, 2.45) is 0 Å². The summed E-state index contributed by atoms with van der Waals surface area (Å²) in [6, 6.07) is 4.50. The highest BCUT2D eigenvalue weighted by molar-refractivity contribution is 7.23. The van der Waals surface area contributed by atoms with E-state index in [4.69, 9.17) is 36.5 Å². The summed E-state index contributed by atoms with van der Waals surface area (Å²) in [7, 11) is 2.04. The standard InChI is InChI=1S/C35H38ClF2N7O4S/c1-16(2)41-34(46)23-10-7-18(15-48-23)45-12-13-47-30-26-29(42-35(43-33(26)45)49-17(3)22-6-5-11-44(22)4)28(38)25(27(30)36)19-8-9-21(37)31-24(19)20(14-39)32(40)50-31/h8-9,16-18,22-23H,5-7,10-13,15,40H2,1-4H3,(H,41,46)/t17-,18?,22-,23?/m0/s1. The highest BCUT2D eigenvalue weighted by Gasteiger charge is 2.37. The molecule has 4 aromatic rings. The lowest BCUT2D eigenvalue weighted by molar-refractivity contribution is -0.136. The summed E-state index contributed by atoms with van der Waals surface area (Å²) in [6.45, 7) is 7.43. The number of aromatic nitrogens is 2. The molecule has 0 saturated carbocycles. The Hall–Kier alpha value is -4.03. The van der Waals surface area contributed by atoms with E-state index in [1.807, 2.05) is 38.8 Å². The number of likely N-dealkylation sites (tertiary alicyclic amines) is 1. The van der Waals surface area contributed by atoms with Crippen molar-refractivity contribution in [2.45, 2.75) is 76.8 Å². The Morgan fingerprint density at radius 3 is 2.68 bits per heavy atom. The van der Waals surface area contributed by atoms with Crippen molar-refractivity contribution in [1.82, 2.24) is 20.2 Å². The fourth-order valence-corrected chi connectivity index (χ4v) is 8.71. The summed E-state index contributed by atoms with van der Waals surface area (Å²) in [6.07, 6.45) is 2.17. The third-order valence-electron chi connectivity index (χ3n) is 9.82. The second-order valence-electron chi connectivity index (χ2n) is 13.4. The number of carbonyl (C=O) groups is 1. The Balaban J connectivity index is 1.39. The van der Waals surface area contributed by atoms with E-state index in [1.54, 1.807) is 0 Å². The molecule has 11 nitrogen and oxygen atoms in total. The number of rotatable bonds is 7. The Morgan fingerprint density at radius 1 is 1.20 bits per heavy atom. The van der Waals surface area contributed by atoms with Crippen LogP contribution in [0.3, 0.4) is 0 Å². The second-order valence-corrected chi connectivity index (χ2v) is 14.8. The van der Waals surface area contributed by atoms with E-state index in [-0.39, 0.29) is 103 Å². The third-order valence-corrected chi connectivity index (χ3v) is 11.2.